The van der Waals surface area contributed by atoms with E-state index in [4.69, 9.17) is 14.7 Å². The summed E-state index contributed by atoms with van der Waals surface area (Å²) in [6.07, 6.45) is 0. The number of hydrogen-bond donors (Lipinski definition) is 0. The van der Waals surface area contributed by atoms with Crippen LogP contribution in [0.2, 0.25) is 0 Å². The molecule has 0 aliphatic rings. The molecule has 0 saturated heterocycles. The van der Waals surface area contributed by atoms with Gasteiger partial charge in [0.25, 0.3) is 0 Å². The van der Waals surface area contributed by atoms with Crippen LogP contribution in [0.5, 0.6) is 5.75 Å². The van der Waals surface area contributed by atoms with E-state index in [0.717, 1.165) is 0 Å². The lowest BCUT2D eigenvalue weighted by molar-refractivity contribution is -0.148. The molecular formula is C13H15NO3. The Morgan fingerprint density at radius 2 is 2.18 bits per heavy atom. The van der Waals surface area contributed by atoms with Crippen LogP contribution in [-0.2, 0) is 9.53 Å². The Labute approximate surface area is 101 Å². The lowest BCUT2D eigenvalue weighted by Gasteiger charge is -2.12. The molecule has 0 aliphatic heterocycles. The van der Waals surface area contributed by atoms with Gasteiger partial charge < -0.3 is 9.47 Å². The topological polar surface area (TPSA) is 59.3 Å². The normalized spacial score (nSPS) is 11.4. The van der Waals surface area contributed by atoms with E-state index in [0.29, 0.717) is 17.9 Å². The number of rotatable bonds is 5. The van der Waals surface area contributed by atoms with Gasteiger partial charge in [-0.2, -0.15) is 5.26 Å². The first-order chi connectivity index (χ1) is 8.19. The van der Waals surface area contributed by atoms with Crippen LogP contribution in [0.25, 0.3) is 0 Å². The number of carbonyl (C=O) groups excluding carboxylic acids is 1. The fourth-order valence-corrected chi connectivity index (χ4v) is 1.25. The molecular weight excluding hydrogens is 218 g/mol. The van der Waals surface area contributed by atoms with Gasteiger partial charge in [-0.05, 0) is 26.0 Å². The Kier molecular flexibility index (Phi) is 5.02. The average Bonchev–Trinajstić information content (AvgIpc) is 2.36. The van der Waals surface area contributed by atoms with Gasteiger partial charge >= 0.3 is 5.97 Å². The summed E-state index contributed by atoms with van der Waals surface area (Å²) < 4.78 is 10.3. The maximum atomic E-state index is 11.4. The zero-order valence-corrected chi connectivity index (χ0v) is 9.97. The molecule has 4 heteroatoms. The molecule has 0 aromatic heterocycles. The lowest BCUT2D eigenvalue weighted by atomic mass is 10.2. The van der Waals surface area contributed by atoms with Gasteiger partial charge in [0.05, 0.1) is 18.1 Å². The summed E-state index contributed by atoms with van der Waals surface area (Å²) in [6.45, 7) is 4.05. The average molecular weight is 233 g/mol. The van der Waals surface area contributed by atoms with Crippen molar-refractivity contribution < 1.29 is 14.3 Å². The van der Waals surface area contributed by atoms with Crippen molar-refractivity contribution in [3.05, 3.63) is 29.8 Å². The molecule has 0 spiro atoms. The largest absolute Gasteiger partial charge is 0.491 e. The van der Waals surface area contributed by atoms with E-state index in [1.165, 1.54) is 0 Å². The molecule has 1 atom stereocenters. The van der Waals surface area contributed by atoms with Crippen molar-refractivity contribution in [3.63, 3.8) is 0 Å². The first-order valence-electron chi connectivity index (χ1n) is 5.47. The van der Waals surface area contributed by atoms with Crippen LogP contribution in [0.1, 0.15) is 19.4 Å². The fourth-order valence-electron chi connectivity index (χ4n) is 1.25. The lowest BCUT2D eigenvalue weighted by Crippen LogP contribution is -2.21. The van der Waals surface area contributed by atoms with Gasteiger partial charge in [-0.1, -0.05) is 12.1 Å². The van der Waals surface area contributed by atoms with Gasteiger partial charge in [0.2, 0.25) is 0 Å². The maximum Gasteiger partial charge on any atom is 0.312 e. The molecule has 0 saturated carbocycles. The molecule has 4 nitrogen and oxygen atoms in total. The van der Waals surface area contributed by atoms with Gasteiger partial charge in [-0.15, -0.1) is 0 Å². The first-order valence-corrected chi connectivity index (χ1v) is 5.47. The van der Waals surface area contributed by atoms with Crippen molar-refractivity contribution in [3.8, 4) is 11.8 Å². The Hall–Kier alpha value is -2.02. The molecule has 0 N–H and O–H groups in total. The van der Waals surface area contributed by atoms with E-state index in [9.17, 15) is 4.79 Å². The number of esters is 1. The van der Waals surface area contributed by atoms with Crippen LogP contribution in [0.3, 0.4) is 0 Å². The predicted octanol–water partition coefficient (Wildman–Crippen LogP) is 2.14. The molecule has 17 heavy (non-hydrogen) atoms. The molecule has 0 heterocycles. The monoisotopic (exact) mass is 233 g/mol. The molecule has 1 unspecified atom stereocenters. The van der Waals surface area contributed by atoms with Gasteiger partial charge in [-0.3, -0.25) is 4.79 Å². The van der Waals surface area contributed by atoms with Crippen molar-refractivity contribution in [1.82, 2.24) is 0 Å². The van der Waals surface area contributed by atoms with E-state index < -0.39 is 0 Å². The van der Waals surface area contributed by atoms with E-state index in [1.54, 1.807) is 38.1 Å². The highest BCUT2D eigenvalue weighted by Crippen LogP contribution is 2.17. The zero-order valence-electron chi connectivity index (χ0n) is 9.97. The summed E-state index contributed by atoms with van der Waals surface area (Å²) in [7, 11) is 0. The SMILES string of the molecule is CCOC(=O)C(C)COc1ccccc1C#N. The highest BCUT2D eigenvalue weighted by molar-refractivity contribution is 5.72. The van der Waals surface area contributed by atoms with Crippen LogP contribution < -0.4 is 4.74 Å². The molecule has 1 aromatic rings. The predicted molar refractivity (Wildman–Crippen MR) is 62.4 cm³/mol. The van der Waals surface area contributed by atoms with Gasteiger partial charge in [-0.25, -0.2) is 0 Å². The minimum absolute atomic E-state index is 0.206. The number of para-hydroxylation sites is 1. The van der Waals surface area contributed by atoms with Crippen molar-refractivity contribution >= 4 is 5.97 Å². The molecule has 0 bridgehead atoms. The number of nitrogens with zero attached hydrogens (tertiary/aromatic N) is 1. The van der Waals surface area contributed by atoms with Crippen LogP contribution in [0.4, 0.5) is 0 Å². The van der Waals surface area contributed by atoms with Crippen molar-refractivity contribution in [1.29, 1.82) is 5.26 Å². The van der Waals surface area contributed by atoms with Gasteiger partial charge in [0.15, 0.2) is 0 Å². The van der Waals surface area contributed by atoms with Crippen LogP contribution in [-0.4, -0.2) is 19.2 Å². The zero-order chi connectivity index (χ0) is 12.7. The Morgan fingerprint density at radius 3 is 2.82 bits per heavy atom. The van der Waals surface area contributed by atoms with E-state index >= 15 is 0 Å². The standard InChI is InChI=1S/C13H15NO3/c1-3-16-13(15)10(2)9-17-12-7-5-4-6-11(12)8-14/h4-7,10H,3,9H2,1-2H3. The Balaban J connectivity index is 2.56. The van der Waals surface area contributed by atoms with Gasteiger partial charge in [0.1, 0.15) is 18.4 Å². The number of ether oxygens (including phenoxy) is 2. The summed E-state index contributed by atoms with van der Waals surface area (Å²) in [4.78, 5) is 11.4. The molecule has 0 fully saturated rings. The molecule has 1 aromatic carbocycles. The summed E-state index contributed by atoms with van der Waals surface area (Å²) >= 11 is 0. The molecule has 0 amide bonds. The number of hydrogen-bond acceptors (Lipinski definition) is 4. The van der Waals surface area contributed by atoms with E-state index in [2.05, 4.69) is 0 Å². The maximum absolute atomic E-state index is 11.4. The third kappa shape index (κ3) is 3.80. The smallest absolute Gasteiger partial charge is 0.312 e. The number of nitriles is 1. The van der Waals surface area contributed by atoms with E-state index in [-0.39, 0.29) is 18.5 Å². The fraction of sp³-hybridized carbons (Fsp3) is 0.385. The third-order valence-electron chi connectivity index (χ3n) is 2.19. The second kappa shape index (κ2) is 6.54. The summed E-state index contributed by atoms with van der Waals surface area (Å²) in [6, 6.07) is 8.96. The second-order valence-corrected chi connectivity index (χ2v) is 3.57. The summed E-state index contributed by atoms with van der Waals surface area (Å²) in [5.74, 6) is -0.144. The molecule has 1 rings (SSSR count). The van der Waals surface area contributed by atoms with E-state index in [1.807, 2.05) is 6.07 Å². The third-order valence-corrected chi connectivity index (χ3v) is 2.19. The quantitative estimate of drug-likeness (QED) is 0.731. The van der Waals surface area contributed by atoms with Crippen LogP contribution in [0.15, 0.2) is 24.3 Å². The minimum atomic E-state index is -0.346. The Bertz CT molecular complexity index is 423. The van der Waals surface area contributed by atoms with Gasteiger partial charge in [0, 0.05) is 0 Å². The highest BCUT2D eigenvalue weighted by Gasteiger charge is 2.15. The minimum Gasteiger partial charge on any atom is -0.491 e. The van der Waals surface area contributed by atoms with Crippen molar-refractivity contribution in [2.24, 2.45) is 5.92 Å². The second-order valence-electron chi connectivity index (χ2n) is 3.57. The van der Waals surface area contributed by atoms with Crippen LogP contribution in [0, 0.1) is 17.2 Å². The highest BCUT2D eigenvalue weighted by atomic mass is 16.5. The molecule has 0 aliphatic carbocycles. The number of carbonyl (C=O) groups is 1. The van der Waals surface area contributed by atoms with Crippen LogP contribution >= 0.6 is 0 Å². The summed E-state index contributed by atoms with van der Waals surface area (Å²) in [5.41, 5.74) is 0.462. The van der Waals surface area contributed by atoms with Crippen molar-refractivity contribution in [2.75, 3.05) is 13.2 Å². The first kappa shape index (κ1) is 13.0. The summed E-state index contributed by atoms with van der Waals surface area (Å²) in [5, 5.41) is 8.86. The number of benzene rings is 1. The molecule has 0 radical (unpaired) electrons. The van der Waals surface area contributed by atoms with Crippen molar-refractivity contribution in [2.45, 2.75) is 13.8 Å². The molecule has 90 valence electrons. The Morgan fingerprint density at radius 1 is 1.47 bits per heavy atom.